The van der Waals surface area contributed by atoms with Crippen LogP contribution in [0.3, 0.4) is 0 Å². The predicted molar refractivity (Wildman–Crippen MR) is 57.2 cm³/mol. The smallest absolute Gasteiger partial charge is 0.0138 e. The first kappa shape index (κ1) is 11.2. The van der Waals surface area contributed by atoms with Crippen LogP contribution in [0.4, 0.5) is 0 Å². The van der Waals surface area contributed by atoms with Crippen molar-refractivity contribution in [1.29, 1.82) is 0 Å². The monoisotopic (exact) mass is 164 g/mol. The topological polar surface area (TPSA) is 0 Å². The van der Waals surface area contributed by atoms with Crippen molar-refractivity contribution < 1.29 is 0 Å². The Kier molecular flexibility index (Phi) is 4.65. The van der Waals surface area contributed by atoms with Gasteiger partial charge in [0.25, 0.3) is 0 Å². The van der Waals surface area contributed by atoms with E-state index in [1.54, 1.807) is 0 Å². The maximum Gasteiger partial charge on any atom is -0.0138 e. The Bertz CT molecular complexity index is 187. The second-order valence-electron chi connectivity index (χ2n) is 3.98. The number of rotatable bonds is 3. The van der Waals surface area contributed by atoms with E-state index in [0.717, 1.165) is 6.42 Å². The molecule has 68 valence electrons. The molecule has 0 heteroatoms. The molecule has 0 saturated carbocycles. The Morgan fingerprint density at radius 2 is 1.83 bits per heavy atom. The van der Waals surface area contributed by atoms with Gasteiger partial charge in [-0.15, -0.1) is 0 Å². The lowest BCUT2D eigenvalue weighted by Gasteiger charge is -2.18. The fraction of sp³-hybridized carbons (Fsp3) is 0.500. The molecule has 0 bridgehead atoms. The van der Waals surface area contributed by atoms with Crippen LogP contribution in [0.25, 0.3) is 0 Å². The van der Waals surface area contributed by atoms with Crippen LogP contribution in [0, 0.1) is 5.41 Å². The van der Waals surface area contributed by atoms with E-state index in [4.69, 9.17) is 0 Å². The summed E-state index contributed by atoms with van der Waals surface area (Å²) in [6, 6.07) is 0. The Labute approximate surface area is 76.7 Å². The maximum atomic E-state index is 4.01. The molecule has 12 heavy (non-hydrogen) atoms. The second-order valence-corrected chi connectivity index (χ2v) is 3.98. The third-order valence-corrected chi connectivity index (χ3v) is 1.79. The summed E-state index contributed by atoms with van der Waals surface area (Å²) in [7, 11) is 0. The lowest BCUT2D eigenvalue weighted by atomic mass is 9.87. The van der Waals surface area contributed by atoms with E-state index in [1.807, 2.05) is 6.92 Å². The molecule has 0 aliphatic heterocycles. The molecule has 0 saturated heterocycles. The van der Waals surface area contributed by atoms with Gasteiger partial charge >= 0.3 is 0 Å². The maximum absolute atomic E-state index is 4.01. The van der Waals surface area contributed by atoms with E-state index in [2.05, 4.69) is 51.7 Å². The molecule has 0 rings (SSSR count). The average Bonchev–Trinajstić information content (AvgIpc) is 1.96. The lowest BCUT2D eigenvalue weighted by molar-refractivity contribution is 0.519. The molecule has 0 aromatic carbocycles. The zero-order valence-electron chi connectivity index (χ0n) is 8.72. The molecule has 0 aliphatic carbocycles. The van der Waals surface area contributed by atoms with E-state index < -0.39 is 0 Å². The zero-order valence-corrected chi connectivity index (χ0v) is 8.72. The second kappa shape index (κ2) is 4.97. The highest BCUT2D eigenvalue weighted by molar-refractivity contribution is 5.21. The van der Waals surface area contributed by atoms with E-state index in [0.29, 0.717) is 0 Å². The van der Waals surface area contributed by atoms with Gasteiger partial charge in [0, 0.05) is 0 Å². The van der Waals surface area contributed by atoms with Gasteiger partial charge in [-0.25, -0.2) is 0 Å². The molecule has 0 N–H and O–H groups in total. The lowest BCUT2D eigenvalue weighted by Crippen LogP contribution is -2.05. The highest BCUT2D eigenvalue weighted by Gasteiger charge is 2.11. The minimum absolute atomic E-state index is 0.201. The van der Waals surface area contributed by atoms with Gasteiger partial charge < -0.3 is 0 Å². The van der Waals surface area contributed by atoms with E-state index >= 15 is 0 Å². The van der Waals surface area contributed by atoms with Crippen LogP contribution < -0.4 is 0 Å². The summed E-state index contributed by atoms with van der Waals surface area (Å²) in [6.45, 7) is 12.6. The van der Waals surface area contributed by atoms with Crippen LogP contribution >= 0.6 is 0 Å². The van der Waals surface area contributed by atoms with Gasteiger partial charge in [-0.2, -0.15) is 0 Å². The Morgan fingerprint density at radius 3 is 2.25 bits per heavy atom. The van der Waals surface area contributed by atoms with Crippen molar-refractivity contribution in [2.24, 2.45) is 5.41 Å². The largest absolute Gasteiger partial charge is 0.0953 e. The predicted octanol–water partition coefficient (Wildman–Crippen LogP) is 4.11. The number of hydrogen-bond acceptors (Lipinski definition) is 0. The van der Waals surface area contributed by atoms with Gasteiger partial charge in [0.05, 0.1) is 0 Å². The molecule has 0 spiro atoms. The van der Waals surface area contributed by atoms with Crippen molar-refractivity contribution >= 4 is 0 Å². The highest BCUT2D eigenvalue weighted by Crippen LogP contribution is 2.24. The van der Waals surface area contributed by atoms with Gasteiger partial charge in [0.15, 0.2) is 0 Å². The summed E-state index contributed by atoms with van der Waals surface area (Å²) in [5.41, 5.74) is 1.39. The molecule has 0 aliphatic rings. The Morgan fingerprint density at radius 1 is 1.25 bits per heavy atom. The molecule has 0 aromatic rings. The minimum atomic E-state index is 0.201. The average molecular weight is 164 g/mol. The van der Waals surface area contributed by atoms with Crippen LogP contribution in [0.1, 0.15) is 34.1 Å². The fourth-order valence-corrected chi connectivity index (χ4v) is 0.675. The van der Waals surface area contributed by atoms with Crippen LogP contribution in [-0.2, 0) is 0 Å². The summed E-state index contributed by atoms with van der Waals surface area (Å²) in [6.07, 6.45) is 9.45. The van der Waals surface area contributed by atoms with Gasteiger partial charge in [-0.3, -0.25) is 0 Å². The summed E-state index contributed by atoms with van der Waals surface area (Å²) in [4.78, 5) is 0. The molecule has 0 amide bonds. The molecule has 0 fully saturated rings. The first-order valence-corrected chi connectivity index (χ1v) is 4.45. The van der Waals surface area contributed by atoms with Crippen LogP contribution in [-0.4, -0.2) is 0 Å². The first-order chi connectivity index (χ1) is 5.48. The minimum Gasteiger partial charge on any atom is -0.0953 e. The van der Waals surface area contributed by atoms with Crippen molar-refractivity contribution in [2.75, 3.05) is 0 Å². The summed E-state index contributed by atoms with van der Waals surface area (Å²) in [5.74, 6) is 0. The fourth-order valence-electron chi connectivity index (χ4n) is 0.675. The SMILES string of the molecule is C=C(/C=C\C/C=C\C)C(C)(C)C. The van der Waals surface area contributed by atoms with Crippen molar-refractivity contribution in [3.8, 4) is 0 Å². The molecule has 0 radical (unpaired) electrons. The summed E-state index contributed by atoms with van der Waals surface area (Å²) >= 11 is 0. The van der Waals surface area contributed by atoms with Gasteiger partial charge in [-0.05, 0) is 18.8 Å². The van der Waals surface area contributed by atoms with Gasteiger partial charge in [0.1, 0.15) is 0 Å². The zero-order chi connectivity index (χ0) is 9.61. The van der Waals surface area contributed by atoms with Crippen molar-refractivity contribution in [2.45, 2.75) is 34.1 Å². The van der Waals surface area contributed by atoms with Crippen molar-refractivity contribution in [3.63, 3.8) is 0 Å². The standard InChI is InChI=1S/C12H20/c1-6-7-8-9-10-11(2)12(3,4)5/h6-7,9-10H,2,8H2,1,3-5H3/b7-6-,10-9-. The molecule has 0 aromatic heterocycles. The number of allylic oxidation sites excluding steroid dienone is 5. The third kappa shape index (κ3) is 4.95. The summed E-state index contributed by atoms with van der Waals surface area (Å²) < 4.78 is 0. The molecular weight excluding hydrogens is 144 g/mol. The molecule has 0 atom stereocenters. The van der Waals surface area contributed by atoms with Crippen molar-refractivity contribution in [1.82, 2.24) is 0 Å². The van der Waals surface area contributed by atoms with Crippen molar-refractivity contribution in [3.05, 3.63) is 36.5 Å². The Balaban J connectivity index is 3.93. The van der Waals surface area contributed by atoms with Gasteiger partial charge in [-0.1, -0.05) is 57.2 Å². The molecule has 0 unspecified atom stereocenters. The number of hydrogen-bond donors (Lipinski definition) is 0. The van der Waals surface area contributed by atoms with Gasteiger partial charge in [0.2, 0.25) is 0 Å². The highest BCUT2D eigenvalue weighted by atomic mass is 14.2. The van der Waals surface area contributed by atoms with E-state index in [9.17, 15) is 0 Å². The van der Waals surface area contributed by atoms with Crippen LogP contribution in [0.15, 0.2) is 36.5 Å². The van der Waals surface area contributed by atoms with E-state index in [1.165, 1.54) is 5.57 Å². The quantitative estimate of drug-likeness (QED) is 0.435. The van der Waals surface area contributed by atoms with E-state index in [-0.39, 0.29) is 5.41 Å². The van der Waals surface area contributed by atoms with Crippen LogP contribution in [0.5, 0.6) is 0 Å². The molecule has 0 nitrogen and oxygen atoms in total. The van der Waals surface area contributed by atoms with Crippen LogP contribution in [0.2, 0.25) is 0 Å². The molecular formula is C12H20. The first-order valence-electron chi connectivity index (χ1n) is 4.45. The Hall–Kier alpha value is -0.780. The molecule has 0 heterocycles. The summed E-state index contributed by atoms with van der Waals surface area (Å²) in [5, 5.41) is 0. The third-order valence-electron chi connectivity index (χ3n) is 1.79. The normalized spacial score (nSPS) is 13.0.